The fourth-order valence-corrected chi connectivity index (χ4v) is 2.98. The molecule has 7 nitrogen and oxygen atoms in total. The van der Waals surface area contributed by atoms with E-state index in [1.54, 1.807) is 12.1 Å². The van der Waals surface area contributed by atoms with Gasteiger partial charge in [0.1, 0.15) is 6.07 Å². The maximum atomic E-state index is 12.2. The monoisotopic (exact) mass is 342 g/mol. The summed E-state index contributed by atoms with van der Waals surface area (Å²) in [5.74, 6) is 1.40. The molecule has 1 fully saturated rings. The van der Waals surface area contributed by atoms with Crippen LogP contribution >= 0.6 is 0 Å². The Bertz CT molecular complexity index is 737. The lowest BCUT2D eigenvalue weighted by Crippen LogP contribution is -2.40. The molecule has 0 spiro atoms. The zero-order chi connectivity index (χ0) is 17.6. The highest BCUT2D eigenvalue weighted by molar-refractivity contribution is 5.79. The van der Waals surface area contributed by atoms with Crippen LogP contribution in [0.25, 0.3) is 11.7 Å². The molecule has 0 unspecified atom stereocenters. The highest BCUT2D eigenvalue weighted by Crippen LogP contribution is 2.31. The van der Waals surface area contributed by atoms with Gasteiger partial charge < -0.3 is 19.1 Å². The van der Waals surface area contributed by atoms with Gasteiger partial charge in [-0.2, -0.15) is 10.2 Å². The minimum absolute atomic E-state index is 0.0195. The smallest absolute Gasteiger partial charge is 0.266 e. The number of unbranched alkanes of at least 4 members (excludes halogenated alkanes) is 1. The number of aromatic nitrogens is 1. The molecule has 0 saturated carbocycles. The van der Waals surface area contributed by atoms with Gasteiger partial charge in [-0.25, -0.2) is 0 Å². The average molecular weight is 342 g/mol. The lowest BCUT2D eigenvalue weighted by Gasteiger charge is -2.30. The van der Waals surface area contributed by atoms with Crippen molar-refractivity contribution in [1.29, 1.82) is 5.26 Å². The van der Waals surface area contributed by atoms with Crippen molar-refractivity contribution >= 4 is 11.8 Å². The number of nitriles is 1. The Kier molecular flexibility index (Phi) is 5.39. The minimum Gasteiger partial charge on any atom is -0.459 e. The van der Waals surface area contributed by atoms with Crippen molar-refractivity contribution in [3.05, 3.63) is 24.1 Å². The van der Waals surface area contributed by atoms with E-state index < -0.39 is 0 Å². The van der Waals surface area contributed by atoms with Crippen LogP contribution in [0.3, 0.4) is 0 Å². The number of nitrogens with zero attached hydrogens (tertiary/aromatic N) is 3. The Hall–Kier alpha value is -2.75. The molecule has 2 aromatic rings. The maximum absolute atomic E-state index is 12.2. The molecule has 0 atom stereocenters. The van der Waals surface area contributed by atoms with Crippen LogP contribution in [0.15, 0.2) is 27.2 Å². The van der Waals surface area contributed by atoms with Crippen LogP contribution in [-0.2, 0) is 4.79 Å². The summed E-state index contributed by atoms with van der Waals surface area (Å²) < 4.78 is 11.0. The molecule has 1 aliphatic heterocycles. The number of furan rings is 1. The van der Waals surface area contributed by atoms with Gasteiger partial charge in [-0.3, -0.25) is 4.79 Å². The predicted octanol–water partition coefficient (Wildman–Crippen LogP) is 2.94. The lowest BCUT2D eigenvalue weighted by atomic mass is 9.96. The zero-order valence-electron chi connectivity index (χ0n) is 14.3. The summed E-state index contributed by atoms with van der Waals surface area (Å²) in [4.78, 5) is 18.4. The van der Waals surface area contributed by atoms with Crippen LogP contribution in [0.2, 0.25) is 0 Å². The molecule has 3 heterocycles. The molecule has 1 N–H and O–H groups in total. The van der Waals surface area contributed by atoms with Crippen LogP contribution in [0.5, 0.6) is 0 Å². The second-order valence-corrected chi connectivity index (χ2v) is 6.17. The summed E-state index contributed by atoms with van der Waals surface area (Å²) in [6.45, 7) is 4.16. The van der Waals surface area contributed by atoms with E-state index in [9.17, 15) is 10.1 Å². The van der Waals surface area contributed by atoms with E-state index in [1.807, 2.05) is 4.90 Å². The topological polar surface area (TPSA) is 95.3 Å². The quantitative estimate of drug-likeness (QED) is 0.811. The molecule has 2 aromatic heterocycles. The van der Waals surface area contributed by atoms with E-state index in [0.717, 1.165) is 32.2 Å². The van der Waals surface area contributed by atoms with Crippen molar-refractivity contribution in [2.24, 2.45) is 5.92 Å². The van der Waals surface area contributed by atoms with Gasteiger partial charge in [0.15, 0.2) is 5.76 Å². The number of hydrogen-bond donors (Lipinski definition) is 1. The number of carbonyl (C=O) groups is 1. The summed E-state index contributed by atoms with van der Waals surface area (Å²) >= 11 is 0. The minimum atomic E-state index is 0.0195. The van der Waals surface area contributed by atoms with Gasteiger partial charge in [0, 0.05) is 25.6 Å². The normalized spacial score (nSPS) is 15.1. The number of amides is 1. The third-order valence-corrected chi connectivity index (χ3v) is 4.43. The number of nitrogens with one attached hydrogen (secondary N) is 1. The number of hydrogen-bond acceptors (Lipinski definition) is 6. The summed E-state index contributed by atoms with van der Waals surface area (Å²) in [5, 5.41) is 12.3. The van der Waals surface area contributed by atoms with Gasteiger partial charge in [0.25, 0.3) is 5.89 Å². The first kappa shape index (κ1) is 17.1. The van der Waals surface area contributed by atoms with Crippen LogP contribution < -0.4 is 10.2 Å². The summed E-state index contributed by atoms with van der Waals surface area (Å²) in [6.07, 6.45) is 5.08. The van der Waals surface area contributed by atoms with Crippen LogP contribution in [0.4, 0.5) is 5.88 Å². The fraction of sp³-hybridized carbons (Fsp3) is 0.500. The fourth-order valence-electron chi connectivity index (χ4n) is 2.98. The van der Waals surface area contributed by atoms with E-state index in [-0.39, 0.29) is 17.5 Å². The molecule has 132 valence electrons. The Labute approximate surface area is 146 Å². The van der Waals surface area contributed by atoms with Crippen molar-refractivity contribution in [3.63, 3.8) is 0 Å². The highest BCUT2D eigenvalue weighted by Gasteiger charge is 2.29. The van der Waals surface area contributed by atoms with Gasteiger partial charge in [-0.15, -0.1) is 0 Å². The van der Waals surface area contributed by atoms with Crippen molar-refractivity contribution in [3.8, 4) is 17.7 Å². The van der Waals surface area contributed by atoms with Crippen LogP contribution in [0.1, 0.15) is 38.3 Å². The molecule has 1 saturated heterocycles. The predicted molar refractivity (Wildman–Crippen MR) is 91.8 cm³/mol. The molecule has 0 bridgehead atoms. The first-order valence-electron chi connectivity index (χ1n) is 8.70. The van der Waals surface area contributed by atoms with E-state index in [0.29, 0.717) is 30.6 Å². The largest absolute Gasteiger partial charge is 0.459 e. The molecular formula is C18H22N4O3. The van der Waals surface area contributed by atoms with Crippen LogP contribution in [-0.4, -0.2) is 30.5 Å². The Balaban J connectivity index is 1.63. The Morgan fingerprint density at radius 1 is 1.48 bits per heavy atom. The Morgan fingerprint density at radius 2 is 2.28 bits per heavy atom. The molecule has 0 aliphatic carbocycles. The molecule has 0 aromatic carbocycles. The third-order valence-electron chi connectivity index (χ3n) is 4.43. The van der Waals surface area contributed by atoms with Crippen molar-refractivity contribution in [2.45, 2.75) is 32.6 Å². The highest BCUT2D eigenvalue weighted by atomic mass is 16.4. The number of piperidine rings is 1. The second-order valence-electron chi connectivity index (χ2n) is 6.17. The van der Waals surface area contributed by atoms with Crippen LogP contribution in [0, 0.1) is 17.2 Å². The van der Waals surface area contributed by atoms with Crippen molar-refractivity contribution < 1.29 is 13.6 Å². The molecule has 3 rings (SSSR count). The summed E-state index contributed by atoms with van der Waals surface area (Å²) in [5.41, 5.74) is 0.247. The molecule has 25 heavy (non-hydrogen) atoms. The van der Waals surface area contributed by atoms with Crippen molar-refractivity contribution in [1.82, 2.24) is 10.3 Å². The van der Waals surface area contributed by atoms with Gasteiger partial charge >= 0.3 is 0 Å². The lowest BCUT2D eigenvalue weighted by molar-refractivity contribution is -0.125. The average Bonchev–Trinajstić information content (AvgIpc) is 3.31. The molecule has 7 heteroatoms. The number of oxazole rings is 1. The van der Waals surface area contributed by atoms with Gasteiger partial charge in [0.2, 0.25) is 17.5 Å². The summed E-state index contributed by atoms with van der Waals surface area (Å²) in [7, 11) is 0. The molecule has 0 radical (unpaired) electrons. The molecule has 1 amide bonds. The SMILES string of the molecule is CCCCNC(=O)C1CCN(c2oc(-c3ccco3)nc2C#N)CC1. The number of carbonyl (C=O) groups excluding carboxylic acids is 1. The number of rotatable bonds is 6. The van der Waals surface area contributed by atoms with Gasteiger partial charge in [0.05, 0.1) is 6.26 Å². The van der Waals surface area contributed by atoms with Crippen molar-refractivity contribution in [2.75, 3.05) is 24.5 Å². The molecular weight excluding hydrogens is 320 g/mol. The first-order valence-corrected chi connectivity index (χ1v) is 8.70. The maximum Gasteiger partial charge on any atom is 0.266 e. The molecule has 1 aliphatic rings. The van der Waals surface area contributed by atoms with Gasteiger partial charge in [-0.05, 0) is 31.4 Å². The summed E-state index contributed by atoms with van der Waals surface area (Å²) in [6, 6.07) is 5.56. The van der Waals surface area contributed by atoms with E-state index >= 15 is 0 Å². The third kappa shape index (κ3) is 3.85. The standard InChI is InChI=1S/C18H22N4O3/c1-2-3-8-20-16(23)13-6-9-22(10-7-13)18-14(12-19)21-17(25-18)15-5-4-11-24-15/h4-5,11,13H,2-3,6-10H2,1H3,(H,20,23). The first-order chi connectivity index (χ1) is 12.2. The Morgan fingerprint density at radius 3 is 2.92 bits per heavy atom. The number of anilines is 1. The van der Waals surface area contributed by atoms with E-state index in [4.69, 9.17) is 8.83 Å². The van der Waals surface area contributed by atoms with E-state index in [2.05, 4.69) is 23.3 Å². The van der Waals surface area contributed by atoms with Gasteiger partial charge in [-0.1, -0.05) is 13.3 Å². The second kappa shape index (κ2) is 7.88. The zero-order valence-corrected chi connectivity index (χ0v) is 14.3. The van der Waals surface area contributed by atoms with E-state index in [1.165, 1.54) is 6.26 Å².